The summed E-state index contributed by atoms with van der Waals surface area (Å²) in [7, 11) is 0. The van der Waals surface area contributed by atoms with E-state index in [9.17, 15) is 9.59 Å². The fourth-order valence-corrected chi connectivity index (χ4v) is 1.99. The molecule has 0 spiro atoms. The number of urea groups is 1. The smallest absolute Gasteiger partial charge is 0.323 e. The zero-order valence-corrected chi connectivity index (χ0v) is 11.1. The molecule has 0 radical (unpaired) electrons. The number of nitrogens with one attached hydrogen (secondary N) is 2. The van der Waals surface area contributed by atoms with Gasteiger partial charge in [-0.3, -0.25) is 9.69 Å². The molecule has 0 aromatic carbocycles. The monoisotopic (exact) mass is 251 g/mol. The second kappa shape index (κ2) is 4.72. The number of rotatable bonds is 6. The minimum absolute atomic E-state index is 0.150. The molecule has 2 N–H and O–H groups in total. The van der Waals surface area contributed by atoms with Crippen molar-refractivity contribution in [1.82, 2.24) is 15.5 Å². The molecule has 2 rings (SSSR count). The van der Waals surface area contributed by atoms with Crippen molar-refractivity contribution >= 4 is 11.9 Å². The van der Waals surface area contributed by atoms with E-state index in [4.69, 9.17) is 0 Å². The number of hydrogen-bond acceptors (Lipinski definition) is 3. The van der Waals surface area contributed by atoms with Gasteiger partial charge < -0.3 is 10.6 Å². The average molecular weight is 251 g/mol. The van der Waals surface area contributed by atoms with Crippen LogP contribution in [0.5, 0.6) is 0 Å². The van der Waals surface area contributed by atoms with E-state index in [1.165, 1.54) is 17.7 Å². The molecule has 2 fully saturated rings. The van der Waals surface area contributed by atoms with E-state index in [0.717, 1.165) is 5.57 Å². The molecule has 1 saturated heterocycles. The lowest BCUT2D eigenvalue weighted by molar-refractivity contribution is -0.130. The molecule has 0 aromatic rings. The van der Waals surface area contributed by atoms with Crippen LogP contribution < -0.4 is 10.6 Å². The van der Waals surface area contributed by atoms with E-state index in [-0.39, 0.29) is 11.9 Å². The summed E-state index contributed by atoms with van der Waals surface area (Å²) < 4.78 is 0. The van der Waals surface area contributed by atoms with Crippen LogP contribution in [0.1, 0.15) is 33.1 Å². The molecule has 2 aliphatic rings. The standard InChI is InChI=1S/C13H21N3O2/c1-4-13(3)11(17)16(12(18)15-13)8-9(2)7-14-10-5-6-10/h10,14H,2,4-8H2,1,3H3,(H,15,18). The van der Waals surface area contributed by atoms with E-state index < -0.39 is 5.54 Å². The summed E-state index contributed by atoms with van der Waals surface area (Å²) in [4.78, 5) is 25.2. The van der Waals surface area contributed by atoms with E-state index in [0.29, 0.717) is 25.6 Å². The third-order valence-electron chi connectivity index (χ3n) is 3.65. The van der Waals surface area contributed by atoms with Crippen molar-refractivity contribution in [3.63, 3.8) is 0 Å². The number of imide groups is 1. The molecule has 1 unspecified atom stereocenters. The van der Waals surface area contributed by atoms with E-state index in [1.807, 2.05) is 6.92 Å². The first kappa shape index (κ1) is 13.1. The highest BCUT2D eigenvalue weighted by Crippen LogP contribution is 2.22. The van der Waals surface area contributed by atoms with Crippen LogP contribution in [0.25, 0.3) is 0 Å². The molecule has 1 heterocycles. The number of carbonyl (C=O) groups is 2. The Morgan fingerprint density at radius 2 is 2.22 bits per heavy atom. The van der Waals surface area contributed by atoms with Crippen LogP contribution in [0.3, 0.4) is 0 Å². The van der Waals surface area contributed by atoms with Gasteiger partial charge in [0.15, 0.2) is 0 Å². The Balaban J connectivity index is 1.89. The van der Waals surface area contributed by atoms with Crippen molar-refractivity contribution < 1.29 is 9.59 Å². The lowest BCUT2D eigenvalue weighted by Gasteiger charge is -2.19. The van der Waals surface area contributed by atoms with Gasteiger partial charge in [-0.15, -0.1) is 0 Å². The molecule has 5 nitrogen and oxygen atoms in total. The topological polar surface area (TPSA) is 61.4 Å². The Bertz CT molecular complexity index is 390. The Hall–Kier alpha value is -1.36. The summed E-state index contributed by atoms with van der Waals surface area (Å²) >= 11 is 0. The van der Waals surface area contributed by atoms with Gasteiger partial charge in [0.05, 0.1) is 6.54 Å². The third-order valence-corrected chi connectivity index (χ3v) is 3.65. The average Bonchev–Trinajstić information content (AvgIpc) is 3.12. The van der Waals surface area contributed by atoms with Gasteiger partial charge in [-0.1, -0.05) is 13.5 Å². The molecule has 0 aromatic heterocycles. The van der Waals surface area contributed by atoms with Crippen molar-refractivity contribution in [3.8, 4) is 0 Å². The van der Waals surface area contributed by atoms with Crippen molar-refractivity contribution in [2.75, 3.05) is 13.1 Å². The van der Waals surface area contributed by atoms with Gasteiger partial charge in [0.2, 0.25) is 0 Å². The Morgan fingerprint density at radius 3 is 2.72 bits per heavy atom. The second-order valence-corrected chi connectivity index (χ2v) is 5.41. The maximum atomic E-state index is 12.1. The van der Waals surface area contributed by atoms with Gasteiger partial charge in [0.1, 0.15) is 5.54 Å². The molecular weight excluding hydrogens is 230 g/mol. The highest BCUT2D eigenvalue weighted by atomic mass is 16.2. The van der Waals surface area contributed by atoms with Crippen molar-refractivity contribution in [1.29, 1.82) is 0 Å². The number of carbonyl (C=O) groups excluding carboxylic acids is 2. The highest BCUT2D eigenvalue weighted by Gasteiger charge is 2.46. The molecule has 1 aliphatic heterocycles. The summed E-state index contributed by atoms with van der Waals surface area (Å²) in [5, 5.41) is 6.06. The molecule has 1 atom stereocenters. The van der Waals surface area contributed by atoms with Crippen molar-refractivity contribution in [2.45, 2.75) is 44.7 Å². The molecule has 0 bridgehead atoms. The quantitative estimate of drug-likeness (QED) is 0.547. The summed E-state index contributed by atoms with van der Waals surface area (Å²) in [6.07, 6.45) is 3.02. The van der Waals surface area contributed by atoms with Crippen molar-refractivity contribution in [3.05, 3.63) is 12.2 Å². The van der Waals surface area contributed by atoms with E-state index in [2.05, 4.69) is 17.2 Å². The van der Waals surface area contributed by atoms with Crippen LogP contribution in [0.2, 0.25) is 0 Å². The van der Waals surface area contributed by atoms with Crippen LogP contribution in [0.15, 0.2) is 12.2 Å². The molecule has 100 valence electrons. The first-order valence-corrected chi connectivity index (χ1v) is 6.50. The third kappa shape index (κ3) is 2.56. The van der Waals surface area contributed by atoms with Crippen LogP contribution >= 0.6 is 0 Å². The first-order valence-electron chi connectivity index (χ1n) is 6.50. The van der Waals surface area contributed by atoms with Crippen LogP contribution in [0.4, 0.5) is 4.79 Å². The van der Waals surface area contributed by atoms with Gasteiger partial charge in [0.25, 0.3) is 5.91 Å². The maximum absolute atomic E-state index is 12.1. The fraction of sp³-hybridized carbons (Fsp3) is 0.692. The van der Waals surface area contributed by atoms with Crippen LogP contribution in [0, 0.1) is 0 Å². The number of hydrogen-bond donors (Lipinski definition) is 2. The van der Waals surface area contributed by atoms with Crippen LogP contribution in [-0.4, -0.2) is 41.5 Å². The van der Waals surface area contributed by atoms with E-state index >= 15 is 0 Å². The van der Waals surface area contributed by atoms with Gasteiger partial charge in [-0.05, 0) is 31.8 Å². The fourth-order valence-electron chi connectivity index (χ4n) is 1.99. The van der Waals surface area contributed by atoms with Gasteiger partial charge in [-0.2, -0.15) is 0 Å². The predicted octanol–water partition coefficient (Wildman–Crippen LogP) is 1.02. The van der Waals surface area contributed by atoms with Crippen LogP contribution in [-0.2, 0) is 4.79 Å². The summed E-state index contributed by atoms with van der Waals surface area (Å²) in [5.74, 6) is -0.150. The number of nitrogens with zero attached hydrogens (tertiary/aromatic N) is 1. The molecule has 3 amide bonds. The van der Waals surface area contributed by atoms with Crippen molar-refractivity contribution in [2.24, 2.45) is 0 Å². The Kier molecular flexibility index (Phi) is 3.43. The second-order valence-electron chi connectivity index (χ2n) is 5.41. The lowest BCUT2D eigenvalue weighted by Crippen LogP contribution is -2.43. The lowest BCUT2D eigenvalue weighted by atomic mass is 9.99. The highest BCUT2D eigenvalue weighted by molar-refractivity contribution is 6.06. The maximum Gasteiger partial charge on any atom is 0.325 e. The largest absolute Gasteiger partial charge is 0.325 e. The Morgan fingerprint density at radius 1 is 1.56 bits per heavy atom. The number of amides is 3. The minimum Gasteiger partial charge on any atom is -0.323 e. The normalized spacial score (nSPS) is 27.6. The van der Waals surface area contributed by atoms with Gasteiger partial charge >= 0.3 is 6.03 Å². The van der Waals surface area contributed by atoms with E-state index in [1.54, 1.807) is 6.92 Å². The minimum atomic E-state index is -0.749. The first-order chi connectivity index (χ1) is 8.46. The Labute approximate surface area is 108 Å². The van der Waals surface area contributed by atoms with Gasteiger partial charge in [-0.25, -0.2) is 4.79 Å². The summed E-state index contributed by atoms with van der Waals surface area (Å²) in [6.45, 7) is 8.56. The summed E-state index contributed by atoms with van der Waals surface area (Å²) in [6, 6.07) is 0.294. The SMILES string of the molecule is C=C(CNC1CC1)CN1C(=O)NC(C)(CC)C1=O. The molecule has 1 aliphatic carbocycles. The molecule has 1 saturated carbocycles. The molecule has 18 heavy (non-hydrogen) atoms. The predicted molar refractivity (Wildman–Crippen MR) is 69.1 cm³/mol. The summed E-state index contributed by atoms with van der Waals surface area (Å²) in [5.41, 5.74) is 0.118. The molecular formula is C13H21N3O2. The van der Waals surface area contributed by atoms with Gasteiger partial charge in [0, 0.05) is 12.6 Å². The molecule has 5 heteroatoms. The zero-order chi connectivity index (χ0) is 13.3. The zero-order valence-electron chi connectivity index (χ0n) is 11.1.